The molecular weight excluding hydrogens is 482 g/mol. The van der Waals surface area contributed by atoms with Gasteiger partial charge in [-0.25, -0.2) is 4.79 Å². The predicted octanol–water partition coefficient (Wildman–Crippen LogP) is 4.42. The van der Waals surface area contributed by atoms with Gasteiger partial charge in [-0.15, -0.1) is 0 Å². The topological polar surface area (TPSA) is 97.0 Å². The number of amides is 3. The van der Waals surface area contributed by atoms with Crippen LogP contribution in [-0.4, -0.2) is 49.1 Å². The Kier molecular flexibility index (Phi) is 8.20. The van der Waals surface area contributed by atoms with Crippen molar-refractivity contribution in [2.24, 2.45) is 0 Å². The maximum Gasteiger partial charge on any atom is 0.411 e. The molecule has 0 aromatic heterocycles. The molecule has 2 N–H and O–H groups in total. The Balaban J connectivity index is 1.58. The van der Waals surface area contributed by atoms with Crippen molar-refractivity contribution in [1.82, 2.24) is 10.2 Å². The Morgan fingerprint density at radius 1 is 1.03 bits per heavy atom. The van der Waals surface area contributed by atoms with Gasteiger partial charge in [0.1, 0.15) is 0 Å². The third-order valence-corrected chi connectivity index (χ3v) is 5.95. The number of carbonyl (C=O) groups excluding carboxylic acids is 3. The highest BCUT2D eigenvalue weighted by Crippen LogP contribution is 2.35. The summed E-state index contributed by atoms with van der Waals surface area (Å²) in [6, 6.07) is 22.0. The van der Waals surface area contributed by atoms with Crippen molar-refractivity contribution in [3.8, 4) is 0 Å². The van der Waals surface area contributed by atoms with E-state index < -0.39 is 18.2 Å². The van der Waals surface area contributed by atoms with E-state index in [-0.39, 0.29) is 18.4 Å². The number of hydrogen-bond acceptors (Lipinski definition) is 5. The summed E-state index contributed by atoms with van der Waals surface area (Å²) in [6.07, 6.45) is -1.46. The zero-order chi connectivity index (χ0) is 25.5. The number of cyclic esters (lactones) is 1. The molecule has 1 aliphatic heterocycles. The predicted molar refractivity (Wildman–Crippen MR) is 136 cm³/mol. The second-order valence-corrected chi connectivity index (χ2v) is 8.67. The van der Waals surface area contributed by atoms with Gasteiger partial charge in [0, 0.05) is 29.9 Å². The zero-order valence-corrected chi connectivity index (χ0v) is 20.4. The third-order valence-electron chi connectivity index (χ3n) is 5.71. The first kappa shape index (κ1) is 25.2. The molecule has 3 amide bonds. The van der Waals surface area contributed by atoms with Crippen LogP contribution in [0.25, 0.3) is 0 Å². The minimum Gasteiger partial charge on any atom is -0.438 e. The van der Waals surface area contributed by atoms with Crippen LogP contribution in [0.4, 0.5) is 10.5 Å². The first-order valence-electron chi connectivity index (χ1n) is 11.4. The van der Waals surface area contributed by atoms with E-state index in [0.717, 1.165) is 5.56 Å². The first-order chi connectivity index (χ1) is 17.5. The molecule has 0 radical (unpaired) electrons. The molecule has 0 spiro atoms. The number of nitrogens with zero attached hydrogens (tertiary/aromatic N) is 1. The van der Waals surface area contributed by atoms with E-state index in [1.165, 1.54) is 4.90 Å². The Bertz CT molecular complexity index is 1240. The molecule has 1 aliphatic rings. The molecule has 1 fully saturated rings. The molecule has 2 atom stereocenters. The maximum atomic E-state index is 13.2. The maximum absolute atomic E-state index is 13.2. The molecule has 3 aromatic rings. The van der Waals surface area contributed by atoms with Gasteiger partial charge in [0.25, 0.3) is 5.91 Å². The van der Waals surface area contributed by atoms with E-state index in [1.54, 1.807) is 55.6 Å². The van der Waals surface area contributed by atoms with Gasteiger partial charge in [-0.05, 0) is 41.5 Å². The van der Waals surface area contributed by atoms with Crippen LogP contribution < -0.4 is 10.6 Å². The molecule has 1 heterocycles. The lowest BCUT2D eigenvalue weighted by atomic mass is 10.00. The van der Waals surface area contributed by atoms with Crippen molar-refractivity contribution in [3.05, 3.63) is 101 Å². The van der Waals surface area contributed by atoms with Gasteiger partial charge < -0.3 is 20.1 Å². The van der Waals surface area contributed by atoms with Gasteiger partial charge >= 0.3 is 6.09 Å². The Morgan fingerprint density at radius 3 is 2.56 bits per heavy atom. The summed E-state index contributed by atoms with van der Waals surface area (Å²) in [5.41, 5.74) is 2.35. The molecule has 0 aliphatic carbocycles. The van der Waals surface area contributed by atoms with Crippen LogP contribution in [0.3, 0.4) is 0 Å². The van der Waals surface area contributed by atoms with Crippen LogP contribution in [0.1, 0.15) is 27.6 Å². The molecule has 36 heavy (non-hydrogen) atoms. The summed E-state index contributed by atoms with van der Waals surface area (Å²) in [5, 5.41) is 6.10. The molecule has 186 valence electrons. The number of halogens is 1. The second kappa shape index (κ2) is 11.7. The quantitative estimate of drug-likeness (QED) is 0.418. The fraction of sp³-hybridized carbons (Fsp3) is 0.222. The van der Waals surface area contributed by atoms with Crippen LogP contribution in [-0.2, 0) is 20.8 Å². The molecule has 3 aromatic carbocycles. The number of anilines is 1. The normalized spacial score (nSPS) is 16.9. The Hall–Kier alpha value is -3.88. The number of methoxy groups -OCH3 is 1. The first-order valence-corrected chi connectivity index (χ1v) is 11.8. The largest absolute Gasteiger partial charge is 0.438 e. The van der Waals surface area contributed by atoms with Crippen LogP contribution in [0.5, 0.6) is 0 Å². The van der Waals surface area contributed by atoms with Gasteiger partial charge in [0.15, 0.2) is 12.1 Å². The lowest BCUT2D eigenvalue weighted by molar-refractivity contribution is -0.126. The average Bonchev–Trinajstić information content (AvgIpc) is 3.20. The lowest BCUT2D eigenvalue weighted by Gasteiger charge is -2.24. The molecule has 1 saturated heterocycles. The van der Waals surface area contributed by atoms with E-state index in [1.807, 2.05) is 30.3 Å². The summed E-state index contributed by atoms with van der Waals surface area (Å²) in [6.45, 7) is 0.840. The van der Waals surface area contributed by atoms with E-state index in [9.17, 15) is 14.4 Å². The van der Waals surface area contributed by atoms with Gasteiger partial charge in [-0.2, -0.15) is 0 Å². The lowest BCUT2D eigenvalue weighted by Crippen LogP contribution is -2.47. The fourth-order valence-corrected chi connectivity index (χ4v) is 4.19. The molecule has 9 heteroatoms. The second-order valence-electron chi connectivity index (χ2n) is 8.24. The molecule has 4 rings (SSSR count). The number of benzene rings is 3. The Labute approximate surface area is 214 Å². The summed E-state index contributed by atoms with van der Waals surface area (Å²) < 4.78 is 10.7. The van der Waals surface area contributed by atoms with Crippen LogP contribution in [0.15, 0.2) is 78.9 Å². The number of rotatable bonds is 9. The Morgan fingerprint density at radius 2 is 1.81 bits per heavy atom. The standard InChI is InChI=1S/C27H26ClN3O5/c1-35-14-13-29-26(33)23-24(36-27(34)31(23)17-18-7-3-2-4-8-18)19-9-6-12-22(16-19)30-25(32)20-10-5-11-21(28)15-20/h2-12,15-16,23-24H,13-14,17H2,1H3,(H,29,33)(H,30,32). The van der Waals surface area contributed by atoms with Crippen molar-refractivity contribution in [2.45, 2.75) is 18.7 Å². The SMILES string of the molecule is COCCNC(=O)C1C(c2cccc(NC(=O)c3cccc(Cl)c3)c2)OC(=O)N1Cc1ccccc1. The van der Waals surface area contributed by atoms with E-state index >= 15 is 0 Å². The number of hydrogen-bond donors (Lipinski definition) is 2. The van der Waals surface area contributed by atoms with Crippen LogP contribution in [0.2, 0.25) is 5.02 Å². The summed E-state index contributed by atoms with van der Waals surface area (Å²) in [4.78, 5) is 40.2. The van der Waals surface area contributed by atoms with Gasteiger partial charge in [-0.1, -0.05) is 60.1 Å². The highest BCUT2D eigenvalue weighted by molar-refractivity contribution is 6.31. The minimum atomic E-state index is -0.909. The molecule has 0 bridgehead atoms. The van der Waals surface area contributed by atoms with Crippen molar-refractivity contribution >= 4 is 35.2 Å². The van der Waals surface area contributed by atoms with Crippen molar-refractivity contribution in [1.29, 1.82) is 0 Å². The number of nitrogens with one attached hydrogen (secondary N) is 2. The molecule has 0 saturated carbocycles. The van der Waals surface area contributed by atoms with Crippen LogP contribution >= 0.6 is 11.6 Å². The average molecular weight is 508 g/mol. The number of ether oxygens (including phenoxy) is 2. The molecule has 2 unspecified atom stereocenters. The van der Waals surface area contributed by atoms with Crippen molar-refractivity contribution in [3.63, 3.8) is 0 Å². The van der Waals surface area contributed by atoms with E-state index in [2.05, 4.69) is 10.6 Å². The van der Waals surface area contributed by atoms with E-state index in [4.69, 9.17) is 21.1 Å². The fourth-order valence-electron chi connectivity index (χ4n) is 4.00. The highest BCUT2D eigenvalue weighted by atomic mass is 35.5. The van der Waals surface area contributed by atoms with Crippen LogP contribution in [0, 0.1) is 0 Å². The monoisotopic (exact) mass is 507 g/mol. The van der Waals surface area contributed by atoms with E-state index in [0.29, 0.717) is 35.0 Å². The third kappa shape index (κ3) is 6.02. The highest BCUT2D eigenvalue weighted by Gasteiger charge is 2.47. The van der Waals surface area contributed by atoms with Crippen molar-refractivity contribution in [2.75, 3.05) is 25.6 Å². The summed E-state index contributed by atoms with van der Waals surface area (Å²) >= 11 is 6.00. The minimum absolute atomic E-state index is 0.212. The van der Waals surface area contributed by atoms with Gasteiger partial charge in [-0.3, -0.25) is 14.5 Å². The van der Waals surface area contributed by atoms with Gasteiger partial charge in [0.2, 0.25) is 5.91 Å². The zero-order valence-electron chi connectivity index (χ0n) is 19.6. The smallest absolute Gasteiger partial charge is 0.411 e. The molecular formula is C27H26ClN3O5. The van der Waals surface area contributed by atoms with Crippen molar-refractivity contribution < 1.29 is 23.9 Å². The van der Waals surface area contributed by atoms with Gasteiger partial charge in [0.05, 0.1) is 13.2 Å². The summed E-state index contributed by atoms with van der Waals surface area (Å²) in [7, 11) is 1.54. The number of carbonyl (C=O) groups is 3. The summed E-state index contributed by atoms with van der Waals surface area (Å²) in [5.74, 6) is -0.690. The molecule has 8 nitrogen and oxygen atoms in total.